The third kappa shape index (κ3) is 6.21. The van der Waals surface area contributed by atoms with Gasteiger partial charge in [-0.25, -0.2) is 12.8 Å². The number of benzene rings is 2. The molecule has 3 rings (SSSR count). The van der Waals surface area contributed by atoms with Gasteiger partial charge in [-0.15, -0.1) is 0 Å². The molecule has 1 aliphatic rings. The molecule has 1 aliphatic heterocycles. The Labute approximate surface area is 201 Å². The molecule has 0 aliphatic carbocycles. The van der Waals surface area contributed by atoms with E-state index in [1.165, 1.54) is 45.6 Å². The first kappa shape index (κ1) is 25.8. The van der Waals surface area contributed by atoms with Crippen molar-refractivity contribution in [3.8, 4) is 0 Å². The zero-order chi connectivity index (χ0) is 24.7. The first-order valence-electron chi connectivity index (χ1n) is 11.7. The van der Waals surface area contributed by atoms with Crippen LogP contribution in [0.3, 0.4) is 0 Å². The SMILES string of the molecule is CCCCN(CCCC)S(=O)(=O)c1ccc(NC(=O)[C@H]2CC(=O)N(c3ccc(F)cc3)C2)cc1. The van der Waals surface area contributed by atoms with E-state index < -0.39 is 21.8 Å². The van der Waals surface area contributed by atoms with Crippen molar-refractivity contribution in [2.75, 3.05) is 29.9 Å². The molecule has 1 saturated heterocycles. The summed E-state index contributed by atoms with van der Waals surface area (Å²) in [5.41, 5.74) is 1.01. The van der Waals surface area contributed by atoms with Gasteiger partial charge in [0.2, 0.25) is 21.8 Å². The Morgan fingerprint density at radius 3 is 2.18 bits per heavy atom. The highest BCUT2D eigenvalue weighted by molar-refractivity contribution is 7.89. The summed E-state index contributed by atoms with van der Waals surface area (Å²) in [6, 6.07) is 11.7. The number of anilines is 2. The molecule has 2 aromatic carbocycles. The van der Waals surface area contributed by atoms with Crippen LogP contribution in [0, 0.1) is 11.7 Å². The van der Waals surface area contributed by atoms with E-state index in [0.717, 1.165) is 25.7 Å². The monoisotopic (exact) mass is 489 g/mol. The summed E-state index contributed by atoms with van der Waals surface area (Å²) in [6.07, 6.45) is 3.47. The number of carbonyl (C=O) groups excluding carboxylic acids is 2. The third-order valence-electron chi connectivity index (χ3n) is 5.92. The van der Waals surface area contributed by atoms with Crippen LogP contribution in [-0.2, 0) is 19.6 Å². The largest absolute Gasteiger partial charge is 0.326 e. The first-order chi connectivity index (χ1) is 16.3. The minimum atomic E-state index is -3.61. The maximum absolute atomic E-state index is 13.2. The van der Waals surface area contributed by atoms with E-state index in [0.29, 0.717) is 24.5 Å². The second-order valence-corrected chi connectivity index (χ2v) is 10.4. The van der Waals surface area contributed by atoms with E-state index in [9.17, 15) is 22.4 Å². The average Bonchev–Trinajstić information content (AvgIpc) is 3.21. The first-order valence-corrected chi connectivity index (χ1v) is 13.2. The van der Waals surface area contributed by atoms with E-state index in [2.05, 4.69) is 5.32 Å². The van der Waals surface area contributed by atoms with E-state index >= 15 is 0 Å². The van der Waals surface area contributed by atoms with Crippen molar-refractivity contribution in [3.05, 3.63) is 54.3 Å². The van der Waals surface area contributed by atoms with Gasteiger partial charge in [0.1, 0.15) is 5.82 Å². The van der Waals surface area contributed by atoms with Gasteiger partial charge in [-0.1, -0.05) is 26.7 Å². The summed E-state index contributed by atoms with van der Waals surface area (Å²) in [5, 5.41) is 2.78. The van der Waals surface area contributed by atoms with Gasteiger partial charge in [-0.3, -0.25) is 9.59 Å². The van der Waals surface area contributed by atoms with Gasteiger partial charge < -0.3 is 10.2 Å². The lowest BCUT2D eigenvalue weighted by atomic mass is 10.1. The van der Waals surface area contributed by atoms with E-state index in [1.807, 2.05) is 13.8 Å². The molecule has 0 radical (unpaired) electrons. The molecule has 1 N–H and O–H groups in total. The standard InChI is InChI=1S/C25H32FN3O4S/c1-3-5-15-28(16-6-4-2)34(32,33)23-13-9-21(10-14-23)27-25(31)19-17-24(30)29(18-19)22-11-7-20(26)8-12-22/h7-14,19H,3-6,15-18H2,1-2H3,(H,27,31)/t19-/m0/s1. The fourth-order valence-electron chi connectivity index (χ4n) is 3.88. The molecule has 34 heavy (non-hydrogen) atoms. The molecule has 1 atom stereocenters. The topological polar surface area (TPSA) is 86.8 Å². The highest BCUT2D eigenvalue weighted by Gasteiger charge is 2.35. The van der Waals surface area contributed by atoms with Gasteiger partial charge in [0, 0.05) is 37.4 Å². The van der Waals surface area contributed by atoms with Crippen molar-refractivity contribution in [2.45, 2.75) is 50.8 Å². The number of amides is 2. The van der Waals surface area contributed by atoms with Crippen LogP contribution in [0.1, 0.15) is 46.0 Å². The summed E-state index contributed by atoms with van der Waals surface area (Å²) in [4.78, 5) is 26.8. The Bertz CT molecular complexity index is 1080. The smallest absolute Gasteiger partial charge is 0.243 e. The van der Waals surface area contributed by atoms with Crippen LogP contribution in [-0.4, -0.2) is 44.2 Å². The summed E-state index contributed by atoms with van der Waals surface area (Å²) in [6.45, 7) is 5.22. The molecule has 0 unspecified atom stereocenters. The van der Waals surface area contributed by atoms with Crippen molar-refractivity contribution < 1.29 is 22.4 Å². The molecular weight excluding hydrogens is 457 g/mol. The molecule has 0 spiro atoms. The molecule has 7 nitrogen and oxygen atoms in total. The molecule has 0 bridgehead atoms. The lowest BCUT2D eigenvalue weighted by Crippen LogP contribution is -2.33. The van der Waals surface area contributed by atoms with E-state index in [1.54, 1.807) is 12.1 Å². The van der Waals surface area contributed by atoms with Crippen molar-refractivity contribution >= 4 is 33.2 Å². The van der Waals surface area contributed by atoms with Gasteiger partial charge >= 0.3 is 0 Å². The fourth-order valence-corrected chi connectivity index (χ4v) is 5.40. The molecule has 2 amide bonds. The Kier molecular flexibility index (Phi) is 8.79. The van der Waals surface area contributed by atoms with Crippen LogP contribution in [0.15, 0.2) is 53.4 Å². The van der Waals surface area contributed by atoms with Crippen LogP contribution >= 0.6 is 0 Å². The zero-order valence-corrected chi connectivity index (χ0v) is 20.5. The molecule has 0 aromatic heterocycles. The molecule has 184 valence electrons. The lowest BCUT2D eigenvalue weighted by molar-refractivity contribution is -0.122. The molecule has 0 saturated carbocycles. The number of sulfonamides is 1. The second kappa shape index (κ2) is 11.6. The van der Waals surface area contributed by atoms with Crippen molar-refractivity contribution in [2.24, 2.45) is 5.92 Å². The number of nitrogens with one attached hydrogen (secondary N) is 1. The maximum atomic E-state index is 13.2. The summed E-state index contributed by atoms with van der Waals surface area (Å²) in [5.74, 6) is -1.47. The normalized spacial score (nSPS) is 16.3. The number of halogens is 1. The van der Waals surface area contributed by atoms with Crippen molar-refractivity contribution in [1.29, 1.82) is 0 Å². The summed E-state index contributed by atoms with van der Waals surface area (Å²) in [7, 11) is -3.61. The van der Waals surface area contributed by atoms with Crippen LogP contribution in [0.2, 0.25) is 0 Å². The molecule has 9 heteroatoms. The van der Waals surface area contributed by atoms with Crippen LogP contribution < -0.4 is 10.2 Å². The fraction of sp³-hybridized carbons (Fsp3) is 0.440. The number of hydrogen-bond acceptors (Lipinski definition) is 4. The quantitative estimate of drug-likeness (QED) is 0.507. The number of hydrogen-bond donors (Lipinski definition) is 1. The zero-order valence-electron chi connectivity index (χ0n) is 19.7. The Hall–Kier alpha value is -2.78. The lowest BCUT2D eigenvalue weighted by Gasteiger charge is -2.22. The van der Waals surface area contributed by atoms with Crippen LogP contribution in [0.5, 0.6) is 0 Å². The minimum Gasteiger partial charge on any atom is -0.326 e. The summed E-state index contributed by atoms with van der Waals surface area (Å²) < 4.78 is 40.9. The van der Waals surface area contributed by atoms with Gasteiger partial charge in [0.05, 0.1) is 10.8 Å². The predicted molar refractivity (Wildman–Crippen MR) is 131 cm³/mol. The minimum absolute atomic E-state index is 0.0550. The molecule has 1 heterocycles. The third-order valence-corrected chi connectivity index (χ3v) is 7.83. The Morgan fingerprint density at radius 1 is 1.03 bits per heavy atom. The number of unbranched alkanes of at least 4 members (excludes halogenated alkanes) is 2. The number of nitrogens with zero attached hydrogens (tertiary/aromatic N) is 2. The second-order valence-electron chi connectivity index (χ2n) is 8.51. The van der Waals surface area contributed by atoms with Gasteiger partial charge in [-0.05, 0) is 61.4 Å². The van der Waals surface area contributed by atoms with Gasteiger partial charge in [-0.2, -0.15) is 4.31 Å². The Balaban J connectivity index is 1.65. The predicted octanol–water partition coefficient (Wildman–Crippen LogP) is 4.41. The van der Waals surface area contributed by atoms with E-state index in [4.69, 9.17) is 0 Å². The number of carbonyl (C=O) groups is 2. The summed E-state index contributed by atoms with van der Waals surface area (Å²) >= 11 is 0. The van der Waals surface area contributed by atoms with Crippen molar-refractivity contribution in [3.63, 3.8) is 0 Å². The maximum Gasteiger partial charge on any atom is 0.243 e. The van der Waals surface area contributed by atoms with E-state index in [-0.39, 0.29) is 29.7 Å². The van der Waals surface area contributed by atoms with Crippen LogP contribution in [0.25, 0.3) is 0 Å². The van der Waals surface area contributed by atoms with Gasteiger partial charge in [0.15, 0.2) is 0 Å². The highest BCUT2D eigenvalue weighted by Crippen LogP contribution is 2.27. The molecule has 1 fully saturated rings. The average molecular weight is 490 g/mol. The molecular formula is C25H32FN3O4S. The Morgan fingerprint density at radius 2 is 1.62 bits per heavy atom. The molecule has 2 aromatic rings. The van der Waals surface area contributed by atoms with Crippen LogP contribution in [0.4, 0.5) is 15.8 Å². The highest BCUT2D eigenvalue weighted by atomic mass is 32.2. The van der Waals surface area contributed by atoms with Crippen molar-refractivity contribution in [1.82, 2.24) is 4.31 Å². The number of rotatable bonds is 11. The van der Waals surface area contributed by atoms with Gasteiger partial charge in [0.25, 0.3) is 0 Å².